The number of aromatic carboxylic acids is 1. The molecule has 4 nitrogen and oxygen atoms in total. The number of halogens is 1. The average Bonchev–Trinajstić information content (AvgIpc) is 2.46. The number of alkyl halides is 1. The molecule has 1 aliphatic rings. The van der Waals surface area contributed by atoms with E-state index in [0.717, 1.165) is 0 Å². The summed E-state index contributed by atoms with van der Waals surface area (Å²) >= 11 is 0. The number of rotatable bonds is 5. The Morgan fingerprint density at radius 3 is 2.79 bits per heavy atom. The minimum atomic E-state index is -1.09. The largest absolute Gasteiger partial charge is 0.490 e. The van der Waals surface area contributed by atoms with Crippen LogP contribution in [0.15, 0.2) is 24.3 Å². The maximum Gasteiger partial charge on any atom is 0.339 e. The summed E-state index contributed by atoms with van der Waals surface area (Å²) in [6.45, 7) is 1.04. The van der Waals surface area contributed by atoms with Crippen molar-refractivity contribution in [1.82, 2.24) is 0 Å². The molecule has 1 aliphatic heterocycles. The van der Waals surface area contributed by atoms with Gasteiger partial charge in [-0.1, -0.05) is 12.1 Å². The lowest BCUT2D eigenvalue weighted by molar-refractivity contribution is 0.0239. The van der Waals surface area contributed by atoms with E-state index in [2.05, 4.69) is 0 Å². The number of hydrogen-bond acceptors (Lipinski definition) is 3. The van der Waals surface area contributed by atoms with Crippen LogP contribution in [0.2, 0.25) is 0 Å². The van der Waals surface area contributed by atoms with Gasteiger partial charge < -0.3 is 14.6 Å². The third-order valence-electron chi connectivity index (χ3n) is 3.29. The van der Waals surface area contributed by atoms with Gasteiger partial charge >= 0.3 is 5.97 Å². The summed E-state index contributed by atoms with van der Waals surface area (Å²) in [5, 5.41) is 8.99. The molecule has 1 saturated heterocycles. The summed E-state index contributed by atoms with van der Waals surface area (Å²) in [5.74, 6) is -0.924. The Bertz CT molecular complexity index is 429. The molecule has 1 aromatic carbocycles. The van der Waals surface area contributed by atoms with Crippen LogP contribution in [-0.2, 0) is 4.74 Å². The van der Waals surface area contributed by atoms with E-state index in [1.165, 1.54) is 6.07 Å². The van der Waals surface area contributed by atoms with E-state index in [0.29, 0.717) is 26.1 Å². The van der Waals surface area contributed by atoms with Gasteiger partial charge in [-0.15, -0.1) is 0 Å². The van der Waals surface area contributed by atoms with Crippen molar-refractivity contribution in [2.45, 2.75) is 19.0 Å². The van der Waals surface area contributed by atoms with Crippen LogP contribution in [0.5, 0.6) is 5.75 Å². The fourth-order valence-corrected chi connectivity index (χ4v) is 2.15. The zero-order chi connectivity index (χ0) is 13.7. The quantitative estimate of drug-likeness (QED) is 0.891. The molecule has 0 radical (unpaired) electrons. The standard InChI is InChI=1S/C14H17FO4/c15-12(10-5-7-18-8-6-10)9-19-13-4-2-1-3-11(13)14(16)17/h1-4,10,12H,5-9H2,(H,16,17). The number of carboxylic acid groups (broad SMARTS) is 1. The zero-order valence-electron chi connectivity index (χ0n) is 10.5. The van der Waals surface area contributed by atoms with Gasteiger partial charge in [0.15, 0.2) is 0 Å². The van der Waals surface area contributed by atoms with Crippen molar-refractivity contribution in [3.63, 3.8) is 0 Å². The Kier molecular flexibility index (Phi) is 4.74. The second-order valence-electron chi connectivity index (χ2n) is 4.58. The third-order valence-corrected chi connectivity index (χ3v) is 3.29. The first-order valence-electron chi connectivity index (χ1n) is 6.35. The van der Waals surface area contributed by atoms with Crippen LogP contribution in [0.25, 0.3) is 0 Å². The van der Waals surface area contributed by atoms with Crippen molar-refractivity contribution in [3.05, 3.63) is 29.8 Å². The van der Waals surface area contributed by atoms with Crippen LogP contribution in [0.1, 0.15) is 23.2 Å². The van der Waals surface area contributed by atoms with E-state index in [9.17, 15) is 9.18 Å². The van der Waals surface area contributed by atoms with Crippen LogP contribution in [0, 0.1) is 5.92 Å². The summed E-state index contributed by atoms with van der Waals surface area (Å²) in [7, 11) is 0. The fourth-order valence-electron chi connectivity index (χ4n) is 2.15. The summed E-state index contributed by atoms with van der Waals surface area (Å²) in [6.07, 6.45) is 0.279. The second kappa shape index (κ2) is 6.52. The van der Waals surface area contributed by atoms with Gasteiger partial charge in [-0.25, -0.2) is 9.18 Å². The zero-order valence-corrected chi connectivity index (χ0v) is 10.5. The molecule has 0 aromatic heterocycles. The van der Waals surface area contributed by atoms with Gasteiger partial charge in [0.2, 0.25) is 0 Å². The van der Waals surface area contributed by atoms with E-state index < -0.39 is 12.1 Å². The minimum Gasteiger partial charge on any atom is -0.490 e. The first kappa shape index (κ1) is 13.8. The number of carbonyl (C=O) groups is 1. The molecule has 0 bridgehead atoms. The smallest absolute Gasteiger partial charge is 0.339 e. The van der Waals surface area contributed by atoms with Gasteiger partial charge in [-0.2, -0.15) is 0 Å². The van der Waals surface area contributed by atoms with Crippen molar-refractivity contribution in [2.24, 2.45) is 5.92 Å². The van der Waals surface area contributed by atoms with Crippen molar-refractivity contribution in [2.75, 3.05) is 19.8 Å². The first-order valence-corrected chi connectivity index (χ1v) is 6.35. The van der Waals surface area contributed by atoms with Gasteiger partial charge in [-0.3, -0.25) is 0 Å². The predicted octanol–water partition coefficient (Wildman–Crippen LogP) is 2.53. The third kappa shape index (κ3) is 3.67. The maximum atomic E-state index is 14.0. The second-order valence-corrected chi connectivity index (χ2v) is 4.58. The number of ether oxygens (including phenoxy) is 2. The van der Waals surface area contributed by atoms with Crippen molar-refractivity contribution in [1.29, 1.82) is 0 Å². The number of para-hydroxylation sites is 1. The Morgan fingerprint density at radius 1 is 1.42 bits per heavy atom. The average molecular weight is 268 g/mol. The molecule has 0 saturated carbocycles. The Balaban J connectivity index is 1.92. The highest BCUT2D eigenvalue weighted by Crippen LogP contribution is 2.23. The van der Waals surface area contributed by atoms with Crippen LogP contribution in [0.3, 0.4) is 0 Å². The highest BCUT2D eigenvalue weighted by Gasteiger charge is 2.24. The predicted molar refractivity (Wildman–Crippen MR) is 67.3 cm³/mol. The SMILES string of the molecule is O=C(O)c1ccccc1OCC(F)C1CCOCC1. The molecule has 0 aliphatic carbocycles. The van der Waals surface area contributed by atoms with Gasteiger partial charge in [0, 0.05) is 13.2 Å². The van der Waals surface area contributed by atoms with E-state index in [1.807, 2.05) is 0 Å². The van der Waals surface area contributed by atoms with E-state index in [1.54, 1.807) is 18.2 Å². The molecular formula is C14H17FO4. The summed E-state index contributed by atoms with van der Waals surface area (Å²) in [6, 6.07) is 6.27. The lowest BCUT2D eigenvalue weighted by Gasteiger charge is -2.25. The Labute approximate surface area is 111 Å². The van der Waals surface area contributed by atoms with Gasteiger partial charge in [-0.05, 0) is 30.9 Å². The molecule has 1 fully saturated rings. The summed E-state index contributed by atoms with van der Waals surface area (Å²) in [5.41, 5.74) is 0.0571. The van der Waals surface area contributed by atoms with E-state index >= 15 is 0 Å². The highest BCUT2D eigenvalue weighted by molar-refractivity contribution is 5.90. The molecule has 2 rings (SSSR count). The lowest BCUT2D eigenvalue weighted by atomic mass is 9.95. The Morgan fingerprint density at radius 2 is 2.11 bits per heavy atom. The highest BCUT2D eigenvalue weighted by atomic mass is 19.1. The van der Waals surface area contributed by atoms with Crippen LogP contribution in [-0.4, -0.2) is 37.1 Å². The van der Waals surface area contributed by atoms with Gasteiger partial charge in [0.1, 0.15) is 24.1 Å². The van der Waals surface area contributed by atoms with E-state index in [4.69, 9.17) is 14.6 Å². The molecule has 1 aromatic rings. The summed E-state index contributed by atoms with van der Waals surface area (Å²) < 4.78 is 24.5. The molecule has 104 valence electrons. The number of hydrogen-bond donors (Lipinski definition) is 1. The molecule has 1 N–H and O–H groups in total. The van der Waals surface area contributed by atoms with Crippen LogP contribution in [0.4, 0.5) is 4.39 Å². The summed E-state index contributed by atoms with van der Waals surface area (Å²) in [4.78, 5) is 11.0. The van der Waals surface area contributed by atoms with Crippen molar-refractivity contribution < 1.29 is 23.8 Å². The van der Waals surface area contributed by atoms with Gasteiger partial charge in [0.25, 0.3) is 0 Å². The minimum absolute atomic E-state index is 0.0571. The van der Waals surface area contributed by atoms with E-state index in [-0.39, 0.29) is 23.8 Å². The first-order chi connectivity index (χ1) is 9.18. The molecule has 5 heteroatoms. The lowest BCUT2D eigenvalue weighted by Crippen LogP contribution is -2.29. The van der Waals surface area contributed by atoms with Crippen molar-refractivity contribution in [3.8, 4) is 5.75 Å². The molecule has 19 heavy (non-hydrogen) atoms. The van der Waals surface area contributed by atoms with Crippen LogP contribution >= 0.6 is 0 Å². The molecule has 0 amide bonds. The van der Waals surface area contributed by atoms with Crippen LogP contribution < -0.4 is 4.74 Å². The molecule has 1 atom stereocenters. The number of carboxylic acids is 1. The maximum absolute atomic E-state index is 14.0. The molecular weight excluding hydrogens is 251 g/mol. The normalized spacial score (nSPS) is 17.9. The fraction of sp³-hybridized carbons (Fsp3) is 0.500. The van der Waals surface area contributed by atoms with Gasteiger partial charge in [0.05, 0.1) is 0 Å². The monoisotopic (exact) mass is 268 g/mol. The van der Waals surface area contributed by atoms with Crippen molar-refractivity contribution >= 4 is 5.97 Å². The molecule has 1 unspecified atom stereocenters. The molecule has 0 spiro atoms. The Hall–Kier alpha value is -1.62. The topological polar surface area (TPSA) is 55.8 Å². The number of benzene rings is 1. The molecule has 1 heterocycles.